The van der Waals surface area contributed by atoms with Gasteiger partial charge < -0.3 is 4.57 Å². The highest BCUT2D eigenvalue weighted by molar-refractivity contribution is 7.25. The molecule has 4 heterocycles. The van der Waals surface area contributed by atoms with Gasteiger partial charge in [0, 0.05) is 58.5 Å². The van der Waals surface area contributed by atoms with E-state index >= 15 is 0 Å². The van der Waals surface area contributed by atoms with Crippen LogP contribution in [0.15, 0.2) is 163 Å². The number of hydrogen-bond acceptors (Lipinski definition) is 4. The van der Waals surface area contributed by atoms with Crippen LogP contribution < -0.4 is 0 Å². The van der Waals surface area contributed by atoms with Gasteiger partial charge in [-0.15, -0.1) is 11.3 Å². The van der Waals surface area contributed by atoms with Gasteiger partial charge in [-0.1, -0.05) is 115 Å². The minimum absolute atomic E-state index is 0.0598. The Morgan fingerprint density at radius 1 is 0.431 bits per heavy atom. The van der Waals surface area contributed by atoms with Gasteiger partial charge >= 0.3 is 0 Å². The summed E-state index contributed by atoms with van der Waals surface area (Å²) in [6, 6.07) is -16.3. The smallest absolute Gasteiger partial charge is 0.238 e. The Morgan fingerprint density at radius 3 is 1.71 bits per heavy atom. The number of nitrogens with zero attached hydrogens (tertiary/aromatic N) is 5. The van der Waals surface area contributed by atoms with Crippen LogP contribution in [-0.2, 0) is 0 Å². The van der Waals surface area contributed by atoms with Crippen molar-refractivity contribution in [3.63, 3.8) is 0 Å². The monoisotopic (exact) mass is 694 g/mol. The molecule has 4 aromatic heterocycles. The molecule has 0 fully saturated rings. The number of benzene rings is 7. The number of fused-ring (bicyclic) bond motifs is 10. The van der Waals surface area contributed by atoms with Crippen molar-refractivity contribution in [2.75, 3.05) is 0 Å². The molecule has 0 bridgehead atoms. The molecule has 0 spiro atoms. The van der Waals surface area contributed by atoms with Gasteiger partial charge in [0.05, 0.1) is 56.3 Å². The third kappa shape index (κ3) is 4.24. The van der Waals surface area contributed by atoms with Crippen molar-refractivity contribution >= 4 is 75.1 Å². The van der Waals surface area contributed by atoms with E-state index in [9.17, 15) is 12.3 Å². The Hall–Kier alpha value is -6.63. The molecule has 51 heavy (non-hydrogen) atoms. The molecule has 0 aliphatic rings. The SMILES string of the molecule is [2H]c1c([2H])c([2H])c(-c2nc(-c3c([2H])c([2H])c4sc5c([2H])c([2H])c([2H])c([2H])c5c4c3[2H])nc(-n3c4c([2H])c([2H])c([2H])c([2H])c4c4ccc5c6c([2H])c([2H])c([2H])c([2H])c6n(-c6c([2H])c([2H])c([2H])c([2H])c6[2H])c5c43)n2)c([2H])c1[2H]. The molecular formula is C45H27N5S. The summed E-state index contributed by atoms with van der Waals surface area (Å²) in [5.74, 6) is -2.27. The molecule has 238 valence electrons. The molecule has 11 aromatic rings. The average molecular weight is 695 g/mol. The fourth-order valence-corrected chi connectivity index (χ4v) is 7.16. The fourth-order valence-electron chi connectivity index (χ4n) is 6.24. The Labute approximate surface area is 331 Å². The Balaban J connectivity index is 1.44. The first-order valence-electron chi connectivity index (χ1n) is 27.5. The summed E-state index contributed by atoms with van der Waals surface area (Å²) >= 11 is 0.723. The number of rotatable bonds is 4. The lowest BCUT2D eigenvalue weighted by Gasteiger charge is -2.13. The van der Waals surface area contributed by atoms with E-state index in [1.165, 1.54) is 12.1 Å². The lowest BCUT2D eigenvalue weighted by molar-refractivity contribution is 0.953. The van der Waals surface area contributed by atoms with E-state index in [0.29, 0.717) is 0 Å². The van der Waals surface area contributed by atoms with Crippen LogP contribution in [-0.4, -0.2) is 24.1 Å². The summed E-state index contributed by atoms with van der Waals surface area (Å²) < 4.78 is 224. The predicted molar refractivity (Wildman–Crippen MR) is 212 cm³/mol. The van der Waals surface area contributed by atoms with Crippen molar-refractivity contribution in [2.24, 2.45) is 0 Å². The molecule has 11 rings (SSSR count). The second kappa shape index (κ2) is 10.9. The summed E-state index contributed by atoms with van der Waals surface area (Å²) in [6.07, 6.45) is 0. The topological polar surface area (TPSA) is 48.5 Å². The summed E-state index contributed by atoms with van der Waals surface area (Å²) in [4.78, 5) is 13.8. The highest BCUT2D eigenvalue weighted by Gasteiger charge is 2.23. The molecule has 0 amide bonds. The number of thiophene rings is 1. The quantitative estimate of drug-likeness (QED) is 0.184. The Kier molecular flexibility index (Phi) is 2.84. The highest BCUT2D eigenvalue weighted by atomic mass is 32.1. The fraction of sp³-hybridized carbons (Fsp3) is 0. The molecule has 6 heteroatoms. The van der Waals surface area contributed by atoms with Crippen LogP contribution in [0.2, 0.25) is 0 Å². The molecule has 0 radical (unpaired) electrons. The maximum atomic E-state index is 9.67. The van der Waals surface area contributed by atoms with Crippen molar-refractivity contribution in [1.82, 2.24) is 24.1 Å². The zero-order valence-corrected chi connectivity index (χ0v) is 26.1. The molecule has 0 N–H and O–H groups in total. The Bertz CT molecular complexity index is 4540. The molecule has 0 saturated heterocycles. The lowest BCUT2D eigenvalue weighted by Crippen LogP contribution is -2.07. The van der Waals surface area contributed by atoms with Gasteiger partial charge in [-0.25, -0.2) is 4.98 Å². The van der Waals surface area contributed by atoms with Gasteiger partial charge in [-0.05, 0) is 48.3 Å². The highest BCUT2D eigenvalue weighted by Crippen LogP contribution is 2.42. The summed E-state index contributed by atoms with van der Waals surface area (Å²) in [7, 11) is 0. The molecule has 0 unspecified atom stereocenters. The molecule has 5 nitrogen and oxygen atoms in total. The maximum absolute atomic E-state index is 9.67. The van der Waals surface area contributed by atoms with E-state index in [-0.39, 0.29) is 52.8 Å². The van der Waals surface area contributed by atoms with Crippen molar-refractivity contribution in [2.45, 2.75) is 0 Å². The van der Waals surface area contributed by atoms with E-state index in [1.54, 1.807) is 0 Å². The average Bonchev–Trinajstić information content (AvgIpc) is 4.12. The van der Waals surface area contributed by atoms with Crippen LogP contribution in [0.25, 0.3) is 98.2 Å². The first kappa shape index (κ1) is 13.2. The van der Waals surface area contributed by atoms with Gasteiger partial charge in [0.25, 0.3) is 0 Å². The normalized spacial score (nSPS) is 18.8. The Morgan fingerprint density at radius 2 is 0.980 bits per heavy atom. The third-order valence-corrected chi connectivity index (χ3v) is 9.31. The molecule has 7 aromatic carbocycles. The largest absolute Gasteiger partial charge is 0.307 e. The predicted octanol–water partition coefficient (Wildman–Crippen LogP) is 11.8. The third-order valence-electron chi connectivity index (χ3n) is 8.29. The molecule has 0 saturated carbocycles. The van der Waals surface area contributed by atoms with Crippen LogP contribution in [0.4, 0.5) is 0 Å². The molecule has 0 aliphatic heterocycles. The zero-order valence-electron chi connectivity index (χ0n) is 50.3. The van der Waals surface area contributed by atoms with Gasteiger partial charge in [0.2, 0.25) is 5.95 Å². The second-order valence-electron chi connectivity index (χ2n) is 11.0. The van der Waals surface area contributed by atoms with Gasteiger partial charge in [0.1, 0.15) is 0 Å². The first-order chi connectivity index (χ1) is 35.7. The van der Waals surface area contributed by atoms with Crippen LogP contribution in [0.3, 0.4) is 0 Å². The molecular weight excluding hydrogens is 643 g/mol. The van der Waals surface area contributed by atoms with Gasteiger partial charge in [0.15, 0.2) is 11.6 Å². The van der Waals surface area contributed by atoms with Crippen LogP contribution >= 0.6 is 11.3 Å². The number of hydrogen-bond donors (Lipinski definition) is 0. The van der Waals surface area contributed by atoms with E-state index in [4.69, 9.17) is 21.9 Å². The van der Waals surface area contributed by atoms with E-state index in [0.717, 1.165) is 20.5 Å². The van der Waals surface area contributed by atoms with Crippen molar-refractivity contribution < 1.29 is 34.3 Å². The van der Waals surface area contributed by atoms with Gasteiger partial charge in [-0.2, -0.15) is 9.97 Å². The summed E-state index contributed by atoms with van der Waals surface area (Å²) in [5, 5.41) is -1.16. The van der Waals surface area contributed by atoms with E-state index < -0.39 is 197 Å². The van der Waals surface area contributed by atoms with Crippen molar-refractivity contribution in [3.05, 3.63) is 163 Å². The van der Waals surface area contributed by atoms with Crippen molar-refractivity contribution in [1.29, 1.82) is 0 Å². The van der Waals surface area contributed by atoms with E-state index in [2.05, 4.69) is 15.0 Å². The van der Waals surface area contributed by atoms with E-state index in [1.807, 2.05) is 0 Å². The first-order valence-corrected chi connectivity index (χ1v) is 15.8. The van der Waals surface area contributed by atoms with Crippen LogP contribution in [0.1, 0.15) is 34.3 Å². The zero-order chi connectivity index (χ0) is 55.2. The molecule has 0 aliphatic carbocycles. The van der Waals surface area contributed by atoms with Crippen LogP contribution in [0, 0.1) is 0 Å². The molecule has 0 atom stereocenters. The maximum Gasteiger partial charge on any atom is 0.238 e. The number of para-hydroxylation sites is 3. The standard InChI is InChI=1S/C45H27N5S/c1-3-13-28(14-4-1)43-46-44(29-23-26-40-36(27-29)33-19-9-12-22-39(33)51-40)48-45(47-43)50-38-21-11-8-18-32(38)35-25-24-34-31-17-7-10-20-37(31)49(41(34)42(35)50)30-15-5-2-6-16-30/h1-27H/i1D,2D,3D,4D,5D,6D,7D,8D,9D,10D,11D,12D,13D,14D,15D,16D,17D,18D,19D,20D,21D,22D,23D,26D,27D. The minimum atomic E-state index is -0.876. The van der Waals surface area contributed by atoms with Crippen LogP contribution in [0.5, 0.6) is 0 Å². The minimum Gasteiger partial charge on any atom is -0.307 e. The van der Waals surface area contributed by atoms with Gasteiger partial charge in [-0.3, -0.25) is 4.57 Å². The summed E-state index contributed by atoms with van der Waals surface area (Å²) in [6.45, 7) is 0. The number of aromatic nitrogens is 5. The van der Waals surface area contributed by atoms with Crippen molar-refractivity contribution in [3.8, 4) is 34.4 Å². The second-order valence-corrected chi connectivity index (χ2v) is 12.0. The lowest BCUT2D eigenvalue weighted by atomic mass is 10.1. The summed E-state index contributed by atoms with van der Waals surface area (Å²) in [5.41, 5.74) is -3.47.